The molecule has 2 N–H and O–H groups in total. The molecule has 22 heavy (non-hydrogen) atoms. The number of benzene rings is 1. The Bertz CT molecular complexity index is 686. The maximum atomic E-state index is 12.1. The molecule has 0 saturated carbocycles. The second kappa shape index (κ2) is 6.33. The van der Waals surface area contributed by atoms with E-state index in [0.29, 0.717) is 16.6 Å². The van der Waals surface area contributed by atoms with Gasteiger partial charge in [-0.05, 0) is 25.6 Å². The van der Waals surface area contributed by atoms with Crippen LogP contribution in [-0.4, -0.2) is 36.6 Å². The molecule has 1 aliphatic heterocycles. The van der Waals surface area contributed by atoms with Gasteiger partial charge >= 0.3 is 6.03 Å². The Kier molecular flexibility index (Phi) is 4.26. The first kappa shape index (κ1) is 14.8. The van der Waals surface area contributed by atoms with Crippen molar-refractivity contribution in [3.05, 3.63) is 34.8 Å². The van der Waals surface area contributed by atoms with Crippen molar-refractivity contribution < 1.29 is 9.53 Å². The summed E-state index contributed by atoms with van der Waals surface area (Å²) >= 11 is 1.55. The summed E-state index contributed by atoms with van der Waals surface area (Å²) < 4.78 is 5.21. The Hall–Kier alpha value is -2.12. The summed E-state index contributed by atoms with van der Waals surface area (Å²) in [6.45, 7) is 1.86. The smallest absolute Gasteiger partial charge is 0.325 e. The maximum Gasteiger partial charge on any atom is 0.325 e. The first-order valence-corrected chi connectivity index (χ1v) is 7.85. The Morgan fingerprint density at radius 3 is 3.00 bits per heavy atom. The lowest BCUT2D eigenvalue weighted by atomic mass is 10.2. The first-order chi connectivity index (χ1) is 10.7. The molecule has 0 unspecified atom stereocenters. The second-order valence-electron chi connectivity index (χ2n) is 5.16. The third kappa shape index (κ3) is 3.20. The molecule has 1 aromatic heterocycles. The number of likely N-dealkylation sites (N-methyl/N-ethyl adjacent to an activating group) is 1. The fourth-order valence-corrected chi connectivity index (χ4v) is 3.34. The normalized spacial score (nSPS) is 14.3. The number of rotatable bonds is 3. The van der Waals surface area contributed by atoms with Crippen LogP contribution in [-0.2, 0) is 13.0 Å². The Balaban J connectivity index is 1.67. The van der Waals surface area contributed by atoms with Gasteiger partial charge in [-0.1, -0.05) is 12.1 Å². The number of para-hydroxylation sites is 2. The van der Waals surface area contributed by atoms with Crippen LogP contribution in [0.4, 0.5) is 15.6 Å². The van der Waals surface area contributed by atoms with E-state index in [9.17, 15) is 4.79 Å². The Morgan fingerprint density at radius 2 is 2.18 bits per heavy atom. The van der Waals surface area contributed by atoms with Crippen LogP contribution in [0.1, 0.15) is 10.6 Å². The molecule has 116 valence electrons. The lowest BCUT2D eigenvalue weighted by molar-refractivity contribution is 0.262. The van der Waals surface area contributed by atoms with Gasteiger partial charge in [0.2, 0.25) is 0 Å². The summed E-state index contributed by atoms with van der Waals surface area (Å²) in [5.74, 6) is 0.623. The number of methoxy groups -OCH3 is 1. The molecule has 0 spiro atoms. The Labute approximate surface area is 133 Å². The van der Waals surface area contributed by atoms with Crippen molar-refractivity contribution in [3.8, 4) is 5.75 Å². The standard InChI is InChI=1S/C15H18N4O2S/c1-19-8-7-13-11(9-19)17-15(22-13)18-14(20)16-10-5-3-4-6-12(10)21-2/h3-6H,7-9H2,1-2H3,(H2,16,17,18,20). The molecule has 0 aliphatic carbocycles. The minimum atomic E-state index is -0.316. The van der Waals surface area contributed by atoms with Gasteiger partial charge in [-0.3, -0.25) is 5.32 Å². The zero-order valence-electron chi connectivity index (χ0n) is 12.5. The summed E-state index contributed by atoms with van der Waals surface area (Å²) in [7, 11) is 3.65. The van der Waals surface area contributed by atoms with Crippen LogP contribution in [0.3, 0.4) is 0 Å². The number of nitrogens with one attached hydrogen (secondary N) is 2. The van der Waals surface area contributed by atoms with Crippen molar-refractivity contribution in [1.82, 2.24) is 9.88 Å². The molecule has 3 rings (SSSR count). The SMILES string of the molecule is COc1ccccc1NC(=O)Nc1nc2c(s1)CCN(C)C2. The molecule has 2 aromatic rings. The number of carbonyl (C=O) groups excluding carboxylic acids is 1. The van der Waals surface area contributed by atoms with Gasteiger partial charge in [0, 0.05) is 18.0 Å². The van der Waals surface area contributed by atoms with Crippen LogP contribution < -0.4 is 15.4 Å². The number of amides is 2. The third-order valence-corrected chi connectivity index (χ3v) is 4.57. The lowest BCUT2D eigenvalue weighted by Crippen LogP contribution is -2.25. The first-order valence-electron chi connectivity index (χ1n) is 7.04. The average Bonchev–Trinajstić information content (AvgIpc) is 2.88. The van der Waals surface area contributed by atoms with Crippen molar-refractivity contribution in [2.45, 2.75) is 13.0 Å². The molecule has 0 fully saturated rings. The number of fused-ring (bicyclic) bond motifs is 1. The van der Waals surface area contributed by atoms with E-state index in [-0.39, 0.29) is 6.03 Å². The molecule has 2 amide bonds. The highest BCUT2D eigenvalue weighted by Crippen LogP contribution is 2.28. The number of hydrogen-bond donors (Lipinski definition) is 2. The number of carbonyl (C=O) groups is 1. The Morgan fingerprint density at radius 1 is 1.36 bits per heavy atom. The van der Waals surface area contributed by atoms with Crippen molar-refractivity contribution in [2.75, 3.05) is 31.3 Å². The van der Waals surface area contributed by atoms with Gasteiger partial charge in [0.15, 0.2) is 5.13 Å². The zero-order valence-corrected chi connectivity index (χ0v) is 13.4. The highest BCUT2D eigenvalue weighted by molar-refractivity contribution is 7.15. The van der Waals surface area contributed by atoms with Gasteiger partial charge in [-0.2, -0.15) is 0 Å². The predicted octanol–water partition coefficient (Wildman–Crippen LogP) is 2.78. The number of hydrogen-bond acceptors (Lipinski definition) is 5. The van der Waals surface area contributed by atoms with Crippen molar-refractivity contribution in [3.63, 3.8) is 0 Å². The molecule has 6 nitrogen and oxygen atoms in total. The monoisotopic (exact) mass is 318 g/mol. The van der Waals surface area contributed by atoms with Crippen LogP contribution in [0.15, 0.2) is 24.3 Å². The van der Waals surface area contributed by atoms with Gasteiger partial charge in [0.1, 0.15) is 5.75 Å². The van der Waals surface area contributed by atoms with E-state index in [1.54, 1.807) is 30.6 Å². The molecule has 1 aliphatic rings. The lowest BCUT2D eigenvalue weighted by Gasteiger charge is -2.20. The van der Waals surface area contributed by atoms with Gasteiger partial charge in [0.05, 0.1) is 18.5 Å². The molecular formula is C15H18N4O2S. The summed E-state index contributed by atoms with van der Waals surface area (Å²) in [6.07, 6.45) is 0.985. The van der Waals surface area contributed by atoms with E-state index in [0.717, 1.165) is 25.2 Å². The van der Waals surface area contributed by atoms with Crippen molar-refractivity contribution in [1.29, 1.82) is 0 Å². The molecule has 2 heterocycles. The highest BCUT2D eigenvalue weighted by atomic mass is 32.1. The zero-order chi connectivity index (χ0) is 15.5. The number of anilines is 2. The van der Waals surface area contributed by atoms with Gasteiger partial charge < -0.3 is 15.0 Å². The fraction of sp³-hybridized carbons (Fsp3) is 0.333. The van der Waals surface area contributed by atoms with Crippen LogP contribution in [0, 0.1) is 0 Å². The third-order valence-electron chi connectivity index (χ3n) is 3.49. The molecule has 0 saturated heterocycles. The molecule has 0 atom stereocenters. The van der Waals surface area contributed by atoms with Crippen LogP contribution in [0.25, 0.3) is 0 Å². The minimum absolute atomic E-state index is 0.316. The molecular weight excluding hydrogens is 300 g/mol. The van der Waals surface area contributed by atoms with Crippen molar-refractivity contribution >= 4 is 28.2 Å². The summed E-state index contributed by atoms with van der Waals surface area (Å²) in [5, 5.41) is 6.21. The van der Waals surface area contributed by atoms with Gasteiger partial charge in [0.25, 0.3) is 0 Å². The van der Waals surface area contributed by atoms with E-state index >= 15 is 0 Å². The van der Waals surface area contributed by atoms with E-state index < -0.39 is 0 Å². The second-order valence-corrected chi connectivity index (χ2v) is 6.24. The van der Waals surface area contributed by atoms with Gasteiger partial charge in [-0.25, -0.2) is 9.78 Å². The largest absolute Gasteiger partial charge is 0.495 e. The highest BCUT2D eigenvalue weighted by Gasteiger charge is 2.19. The molecule has 0 bridgehead atoms. The van der Waals surface area contributed by atoms with Gasteiger partial charge in [-0.15, -0.1) is 11.3 Å². The van der Waals surface area contributed by atoms with E-state index in [1.165, 1.54) is 4.88 Å². The van der Waals surface area contributed by atoms with E-state index in [1.807, 2.05) is 12.1 Å². The summed E-state index contributed by atoms with van der Waals surface area (Å²) in [4.78, 5) is 20.1. The fourth-order valence-electron chi connectivity index (χ4n) is 2.38. The average molecular weight is 318 g/mol. The topological polar surface area (TPSA) is 66.5 Å². The quantitative estimate of drug-likeness (QED) is 0.913. The number of urea groups is 1. The van der Waals surface area contributed by atoms with E-state index in [4.69, 9.17) is 4.74 Å². The van der Waals surface area contributed by atoms with Crippen LogP contribution in [0.2, 0.25) is 0 Å². The summed E-state index contributed by atoms with van der Waals surface area (Å²) in [6, 6.07) is 6.97. The maximum absolute atomic E-state index is 12.1. The number of aromatic nitrogens is 1. The van der Waals surface area contributed by atoms with Crippen LogP contribution >= 0.6 is 11.3 Å². The molecule has 7 heteroatoms. The predicted molar refractivity (Wildman–Crippen MR) is 87.8 cm³/mol. The van der Waals surface area contributed by atoms with Crippen LogP contribution in [0.5, 0.6) is 5.75 Å². The van der Waals surface area contributed by atoms with Crippen molar-refractivity contribution in [2.24, 2.45) is 0 Å². The number of thiazole rings is 1. The number of ether oxygens (including phenoxy) is 1. The van der Waals surface area contributed by atoms with E-state index in [2.05, 4.69) is 27.6 Å². The minimum Gasteiger partial charge on any atom is -0.495 e. The molecule has 1 aromatic carbocycles. The summed E-state index contributed by atoms with van der Waals surface area (Å²) in [5.41, 5.74) is 1.69. The number of nitrogens with zero attached hydrogens (tertiary/aromatic N) is 2. The molecule has 0 radical (unpaired) electrons.